The van der Waals surface area contributed by atoms with Crippen molar-refractivity contribution >= 4 is 5.97 Å². The fraction of sp³-hybridized carbons (Fsp3) is 0.974. The number of rotatable bonds is 34. The Morgan fingerprint density at radius 1 is 0.415 bits per heavy atom. The van der Waals surface area contributed by atoms with Crippen molar-refractivity contribution in [3.8, 4) is 0 Å². The number of carbonyl (C=O) groups is 1. The van der Waals surface area contributed by atoms with Gasteiger partial charge in [0.2, 0.25) is 0 Å². The van der Waals surface area contributed by atoms with Gasteiger partial charge in [0.05, 0.1) is 20.6 Å². The van der Waals surface area contributed by atoms with Crippen LogP contribution in [-0.4, -0.2) is 44.2 Å². The lowest BCUT2D eigenvalue weighted by molar-refractivity contribution is -0.890. The van der Waals surface area contributed by atoms with E-state index in [0.717, 1.165) is 17.4 Å². The van der Waals surface area contributed by atoms with Gasteiger partial charge in [0.1, 0.15) is 13.2 Å². The molecule has 0 aliphatic heterocycles. The van der Waals surface area contributed by atoms with Gasteiger partial charge in [-0.25, -0.2) is 0 Å². The predicted octanol–water partition coefficient (Wildman–Crippen LogP) is 12.3. The van der Waals surface area contributed by atoms with Gasteiger partial charge >= 0.3 is 5.97 Å². The van der Waals surface area contributed by atoms with Crippen LogP contribution in [-0.2, 0) is 9.53 Å². The van der Waals surface area contributed by atoms with Crippen molar-refractivity contribution in [1.29, 1.82) is 0 Å². The Morgan fingerprint density at radius 3 is 1.05 bits per heavy atom. The summed E-state index contributed by atoms with van der Waals surface area (Å²) in [6, 6.07) is 0. The number of esters is 1. The lowest BCUT2D eigenvalue weighted by Gasteiger charge is -2.29. The number of hydrogen-bond donors (Lipinski definition) is 0. The number of unbranched alkanes of at least 4 members (excludes halogenated alkanes) is 27. The van der Waals surface area contributed by atoms with Crippen molar-refractivity contribution in [3.63, 3.8) is 0 Å². The molecule has 0 bridgehead atoms. The van der Waals surface area contributed by atoms with Gasteiger partial charge in [-0.15, -0.1) is 0 Å². The molecule has 0 amide bonds. The van der Waals surface area contributed by atoms with Crippen LogP contribution in [0.15, 0.2) is 0 Å². The van der Waals surface area contributed by atoms with E-state index in [-0.39, 0.29) is 5.97 Å². The topological polar surface area (TPSA) is 26.3 Å². The number of nitrogens with zero attached hydrogens (tertiary/aromatic N) is 1. The summed E-state index contributed by atoms with van der Waals surface area (Å²) >= 11 is 0. The summed E-state index contributed by atoms with van der Waals surface area (Å²) in [5.41, 5.74) is 0. The maximum Gasteiger partial charge on any atom is 0.305 e. The Balaban J connectivity index is 3.39. The third-order valence-corrected chi connectivity index (χ3v) is 9.06. The van der Waals surface area contributed by atoms with Gasteiger partial charge < -0.3 is 9.22 Å². The monoisotopic (exact) mass is 581 g/mol. The maximum atomic E-state index is 12.1. The lowest BCUT2D eigenvalue weighted by Crippen LogP contribution is -2.43. The van der Waals surface area contributed by atoms with E-state index in [9.17, 15) is 4.79 Å². The van der Waals surface area contributed by atoms with Crippen molar-refractivity contribution in [2.45, 2.75) is 206 Å². The molecule has 0 atom stereocenters. The van der Waals surface area contributed by atoms with Crippen LogP contribution in [0.1, 0.15) is 206 Å². The second-order valence-corrected chi connectivity index (χ2v) is 13.9. The van der Waals surface area contributed by atoms with E-state index in [0.29, 0.717) is 13.0 Å². The second kappa shape index (κ2) is 32.3. The van der Waals surface area contributed by atoms with Crippen LogP contribution in [0.25, 0.3) is 0 Å². The quantitative estimate of drug-likeness (QED) is 0.0430. The maximum absolute atomic E-state index is 12.1. The molecular weight excluding hydrogens is 502 g/mol. The first-order chi connectivity index (χ1) is 20.0. The predicted molar refractivity (Wildman–Crippen MR) is 183 cm³/mol. The Labute approximate surface area is 259 Å². The molecular formula is C38H78NO2+. The molecule has 0 rings (SSSR count). The van der Waals surface area contributed by atoms with Gasteiger partial charge in [0.15, 0.2) is 0 Å². The number of carbonyl (C=O) groups excluding carboxylic acids is 1. The Hall–Kier alpha value is -0.570. The number of quaternary nitrogens is 1. The van der Waals surface area contributed by atoms with Gasteiger partial charge in [-0.3, -0.25) is 4.79 Å². The second-order valence-electron chi connectivity index (χ2n) is 13.9. The highest BCUT2D eigenvalue weighted by Crippen LogP contribution is 2.15. The molecule has 0 aromatic heterocycles. The third kappa shape index (κ3) is 33.8. The first-order valence-corrected chi connectivity index (χ1v) is 19.0. The van der Waals surface area contributed by atoms with Gasteiger partial charge in [0, 0.05) is 6.42 Å². The highest BCUT2D eigenvalue weighted by atomic mass is 16.5. The SMILES string of the molecule is CCCCCCCCCCCCCCCCCC[N+](C)(C)CCOC(=O)CCCCCCCCCCCCCCC. The normalized spacial score (nSPS) is 11.8. The molecule has 0 fully saturated rings. The Bertz CT molecular complexity index is 518. The number of hydrogen-bond acceptors (Lipinski definition) is 2. The van der Waals surface area contributed by atoms with Crippen LogP contribution in [0.2, 0.25) is 0 Å². The largest absolute Gasteiger partial charge is 0.460 e. The molecule has 0 aliphatic carbocycles. The molecule has 0 saturated carbocycles. The first-order valence-electron chi connectivity index (χ1n) is 19.0. The first kappa shape index (κ1) is 40.4. The smallest absolute Gasteiger partial charge is 0.305 e. The van der Waals surface area contributed by atoms with Crippen LogP contribution in [0, 0.1) is 0 Å². The van der Waals surface area contributed by atoms with Crippen LogP contribution < -0.4 is 0 Å². The molecule has 0 spiro atoms. The van der Waals surface area contributed by atoms with Crippen LogP contribution in [0.3, 0.4) is 0 Å². The lowest BCUT2D eigenvalue weighted by atomic mass is 10.0. The fourth-order valence-corrected chi connectivity index (χ4v) is 5.97. The molecule has 0 unspecified atom stereocenters. The van der Waals surface area contributed by atoms with Gasteiger partial charge in [0.25, 0.3) is 0 Å². The molecule has 0 aromatic rings. The van der Waals surface area contributed by atoms with Crippen LogP contribution in [0.5, 0.6) is 0 Å². The Kier molecular flexibility index (Phi) is 31.9. The minimum atomic E-state index is 0.00971. The van der Waals surface area contributed by atoms with E-state index in [1.165, 1.54) is 186 Å². The van der Waals surface area contributed by atoms with Crippen molar-refractivity contribution in [1.82, 2.24) is 0 Å². The molecule has 3 nitrogen and oxygen atoms in total. The van der Waals surface area contributed by atoms with Gasteiger partial charge in [-0.2, -0.15) is 0 Å². The molecule has 41 heavy (non-hydrogen) atoms. The van der Waals surface area contributed by atoms with Crippen molar-refractivity contribution in [2.75, 3.05) is 33.8 Å². The minimum Gasteiger partial charge on any atom is -0.460 e. The van der Waals surface area contributed by atoms with Crippen molar-refractivity contribution < 1.29 is 14.0 Å². The zero-order valence-corrected chi connectivity index (χ0v) is 29.1. The summed E-state index contributed by atoms with van der Waals surface area (Å²) in [5, 5.41) is 0. The molecule has 0 heterocycles. The summed E-state index contributed by atoms with van der Waals surface area (Å²) < 4.78 is 6.53. The molecule has 0 N–H and O–H groups in total. The number of likely N-dealkylation sites (N-methyl/N-ethyl adjacent to an activating group) is 1. The van der Waals surface area contributed by atoms with Crippen molar-refractivity contribution in [3.05, 3.63) is 0 Å². The van der Waals surface area contributed by atoms with E-state index < -0.39 is 0 Å². The molecule has 246 valence electrons. The van der Waals surface area contributed by atoms with E-state index in [4.69, 9.17) is 4.74 Å². The highest BCUT2D eigenvalue weighted by Gasteiger charge is 2.15. The molecule has 0 aromatic carbocycles. The summed E-state index contributed by atoms with van der Waals surface area (Å²) in [5.74, 6) is 0.00971. The highest BCUT2D eigenvalue weighted by molar-refractivity contribution is 5.69. The summed E-state index contributed by atoms with van der Waals surface area (Å²) in [4.78, 5) is 12.1. The Morgan fingerprint density at radius 2 is 0.707 bits per heavy atom. The number of ether oxygens (including phenoxy) is 1. The van der Waals surface area contributed by atoms with E-state index in [2.05, 4.69) is 27.9 Å². The summed E-state index contributed by atoms with van der Waals surface area (Å²) in [6.45, 7) is 7.28. The molecule has 0 saturated heterocycles. The van der Waals surface area contributed by atoms with Crippen molar-refractivity contribution in [2.24, 2.45) is 0 Å². The molecule has 0 aliphatic rings. The molecule has 0 radical (unpaired) electrons. The minimum absolute atomic E-state index is 0.00971. The zero-order chi connectivity index (χ0) is 30.1. The van der Waals surface area contributed by atoms with Gasteiger partial charge in [-0.05, 0) is 19.3 Å². The van der Waals surface area contributed by atoms with Crippen LogP contribution in [0.4, 0.5) is 0 Å². The van der Waals surface area contributed by atoms with E-state index in [1.807, 2.05) is 0 Å². The summed E-state index contributed by atoms with van der Waals surface area (Å²) in [6.07, 6.45) is 40.7. The van der Waals surface area contributed by atoms with Crippen LogP contribution >= 0.6 is 0 Å². The summed E-state index contributed by atoms with van der Waals surface area (Å²) in [7, 11) is 4.57. The average molecular weight is 581 g/mol. The van der Waals surface area contributed by atoms with Gasteiger partial charge in [-0.1, -0.05) is 181 Å². The fourth-order valence-electron chi connectivity index (χ4n) is 5.97. The molecule has 3 heteroatoms. The average Bonchev–Trinajstić information content (AvgIpc) is 2.95. The zero-order valence-electron chi connectivity index (χ0n) is 29.1. The third-order valence-electron chi connectivity index (χ3n) is 9.06. The van der Waals surface area contributed by atoms with E-state index >= 15 is 0 Å². The van der Waals surface area contributed by atoms with E-state index in [1.54, 1.807) is 0 Å². The standard InChI is InChI=1S/C38H78NO2/c1-5-7-9-11-13-15-17-19-20-21-23-25-27-29-31-33-35-39(3,4)36-37-41-38(40)34-32-30-28-26-24-22-18-16-14-12-10-8-6-2/h5-37H2,1-4H3/q+1.